The molecular weight excluding hydrogens is 252 g/mol. The van der Waals surface area contributed by atoms with Gasteiger partial charge in [0.15, 0.2) is 0 Å². The van der Waals surface area contributed by atoms with E-state index in [0.717, 1.165) is 30.6 Å². The topological polar surface area (TPSA) is 76.6 Å². The van der Waals surface area contributed by atoms with Gasteiger partial charge >= 0.3 is 0 Å². The Bertz CT molecular complexity index is 475. The van der Waals surface area contributed by atoms with Gasteiger partial charge in [-0.15, -0.1) is 0 Å². The summed E-state index contributed by atoms with van der Waals surface area (Å²) in [5.74, 6) is 0.101. The molecule has 1 fully saturated rings. The minimum Gasteiger partial charge on any atom is -0.392 e. The Morgan fingerprint density at radius 1 is 1.45 bits per heavy atom. The van der Waals surface area contributed by atoms with Crippen molar-refractivity contribution in [3.8, 4) is 0 Å². The van der Waals surface area contributed by atoms with Gasteiger partial charge in [0.25, 0.3) is 0 Å². The number of amidine groups is 1. The fourth-order valence-electron chi connectivity index (χ4n) is 2.90. The number of nitrogens with zero attached hydrogens (tertiary/aromatic N) is 2. The van der Waals surface area contributed by atoms with Gasteiger partial charge in [-0.1, -0.05) is 24.3 Å². The lowest BCUT2D eigenvalue weighted by atomic mass is 10.1. The molecule has 5 nitrogen and oxygen atoms in total. The average Bonchev–Trinajstić information content (AvgIpc) is 2.69. The van der Waals surface area contributed by atoms with E-state index in [4.69, 9.17) is 11.1 Å². The summed E-state index contributed by atoms with van der Waals surface area (Å²) in [4.78, 5) is 4.43. The van der Waals surface area contributed by atoms with Crippen LogP contribution >= 0.6 is 0 Å². The van der Waals surface area contributed by atoms with Gasteiger partial charge in [-0.3, -0.25) is 10.3 Å². The Kier molecular flexibility index (Phi) is 4.75. The molecule has 1 aromatic rings. The molecule has 110 valence electrons. The first kappa shape index (κ1) is 15.0. The summed E-state index contributed by atoms with van der Waals surface area (Å²) < 4.78 is 0. The van der Waals surface area contributed by atoms with Crippen LogP contribution in [0.25, 0.3) is 0 Å². The maximum atomic E-state index is 9.91. The highest BCUT2D eigenvalue weighted by molar-refractivity contribution is 5.96. The zero-order chi connectivity index (χ0) is 14.7. The summed E-state index contributed by atoms with van der Waals surface area (Å²) in [5.41, 5.74) is 7.48. The van der Waals surface area contributed by atoms with E-state index in [-0.39, 0.29) is 11.9 Å². The van der Waals surface area contributed by atoms with Gasteiger partial charge in [0.05, 0.1) is 6.10 Å². The van der Waals surface area contributed by atoms with Crippen LogP contribution < -0.4 is 5.73 Å². The van der Waals surface area contributed by atoms with E-state index in [1.807, 2.05) is 38.4 Å². The summed E-state index contributed by atoms with van der Waals surface area (Å²) in [6.07, 6.45) is 0.546. The molecule has 0 aliphatic carbocycles. The highest BCUT2D eigenvalue weighted by Gasteiger charge is 2.31. The first-order valence-electron chi connectivity index (χ1n) is 6.96. The van der Waals surface area contributed by atoms with Crippen LogP contribution in [0.2, 0.25) is 0 Å². The number of hydrogen-bond donors (Lipinski definition) is 3. The van der Waals surface area contributed by atoms with Crippen LogP contribution in [0.5, 0.6) is 0 Å². The second-order valence-electron chi connectivity index (χ2n) is 5.81. The number of rotatable bonds is 5. The van der Waals surface area contributed by atoms with E-state index < -0.39 is 0 Å². The van der Waals surface area contributed by atoms with E-state index in [1.54, 1.807) is 0 Å². The molecule has 20 heavy (non-hydrogen) atoms. The van der Waals surface area contributed by atoms with Crippen LogP contribution in [0.15, 0.2) is 24.3 Å². The molecule has 0 bridgehead atoms. The van der Waals surface area contributed by atoms with Crippen LogP contribution in [0.1, 0.15) is 17.5 Å². The van der Waals surface area contributed by atoms with Crippen LogP contribution in [0.4, 0.5) is 0 Å². The summed E-state index contributed by atoms with van der Waals surface area (Å²) >= 11 is 0. The maximum absolute atomic E-state index is 9.91. The van der Waals surface area contributed by atoms with Gasteiger partial charge in [0.1, 0.15) is 5.84 Å². The Morgan fingerprint density at radius 2 is 2.15 bits per heavy atom. The highest BCUT2D eigenvalue weighted by atomic mass is 16.3. The Balaban J connectivity index is 2.14. The number of nitrogens with one attached hydrogen (secondary N) is 1. The van der Waals surface area contributed by atoms with Crippen molar-refractivity contribution in [3.63, 3.8) is 0 Å². The summed E-state index contributed by atoms with van der Waals surface area (Å²) in [7, 11) is 4.10. The van der Waals surface area contributed by atoms with E-state index >= 15 is 0 Å². The van der Waals surface area contributed by atoms with E-state index in [0.29, 0.717) is 12.6 Å². The number of nitrogens with two attached hydrogens (primary N) is 1. The molecule has 4 N–H and O–H groups in total. The number of aliphatic hydroxyl groups is 1. The molecule has 0 spiro atoms. The molecule has 2 unspecified atom stereocenters. The molecule has 1 aliphatic heterocycles. The predicted molar refractivity (Wildman–Crippen MR) is 80.8 cm³/mol. The molecule has 1 aliphatic rings. The van der Waals surface area contributed by atoms with Gasteiger partial charge in [0, 0.05) is 31.2 Å². The molecule has 0 amide bonds. The van der Waals surface area contributed by atoms with Crippen LogP contribution in [-0.4, -0.2) is 60.1 Å². The van der Waals surface area contributed by atoms with E-state index in [9.17, 15) is 5.11 Å². The van der Waals surface area contributed by atoms with E-state index in [1.165, 1.54) is 0 Å². The normalized spacial score (nSPS) is 23.4. The predicted octanol–water partition coefficient (Wildman–Crippen LogP) is 0.467. The lowest BCUT2D eigenvalue weighted by Crippen LogP contribution is -2.37. The third-order valence-electron chi connectivity index (χ3n) is 3.76. The number of benzene rings is 1. The number of nitrogen functional groups attached to an aromatic ring is 1. The molecule has 1 heterocycles. The Hall–Kier alpha value is -1.43. The Morgan fingerprint density at radius 3 is 2.80 bits per heavy atom. The number of aliphatic hydroxyl groups excluding tert-OH is 1. The number of hydrogen-bond acceptors (Lipinski definition) is 4. The van der Waals surface area contributed by atoms with Gasteiger partial charge < -0.3 is 15.7 Å². The summed E-state index contributed by atoms with van der Waals surface area (Å²) in [5, 5.41) is 17.6. The lowest BCUT2D eigenvalue weighted by molar-refractivity contribution is 0.169. The van der Waals surface area contributed by atoms with Crippen molar-refractivity contribution in [2.45, 2.75) is 25.1 Å². The average molecular weight is 276 g/mol. The Labute approximate surface area is 120 Å². The van der Waals surface area contributed by atoms with Crippen molar-refractivity contribution in [2.75, 3.05) is 27.2 Å². The molecular formula is C15H24N4O. The minimum atomic E-state index is -0.260. The van der Waals surface area contributed by atoms with Gasteiger partial charge in [-0.25, -0.2) is 0 Å². The molecule has 1 saturated heterocycles. The van der Waals surface area contributed by atoms with Crippen molar-refractivity contribution >= 4 is 5.84 Å². The van der Waals surface area contributed by atoms with Crippen molar-refractivity contribution in [3.05, 3.63) is 35.4 Å². The zero-order valence-corrected chi connectivity index (χ0v) is 12.2. The van der Waals surface area contributed by atoms with Crippen molar-refractivity contribution in [2.24, 2.45) is 5.73 Å². The number of β-amino-alcohol motifs (C(OH)–C–C–N with tert-alkyl or cyclic N) is 1. The largest absolute Gasteiger partial charge is 0.392 e. The third kappa shape index (κ3) is 3.56. The number of likely N-dealkylation sites (tertiary alicyclic amines) is 1. The van der Waals surface area contributed by atoms with Crippen LogP contribution in [-0.2, 0) is 6.54 Å². The SMILES string of the molecule is CN(C)CC1CC(O)CN1Cc1ccccc1C(=N)N. The molecule has 0 radical (unpaired) electrons. The van der Waals surface area contributed by atoms with E-state index in [2.05, 4.69) is 9.80 Å². The maximum Gasteiger partial charge on any atom is 0.123 e. The second-order valence-corrected chi connectivity index (χ2v) is 5.81. The van der Waals surface area contributed by atoms with Gasteiger partial charge in [0.2, 0.25) is 0 Å². The van der Waals surface area contributed by atoms with Crippen molar-refractivity contribution in [1.82, 2.24) is 9.80 Å². The lowest BCUT2D eigenvalue weighted by Gasteiger charge is -2.27. The molecule has 0 saturated carbocycles. The minimum absolute atomic E-state index is 0.101. The highest BCUT2D eigenvalue weighted by Crippen LogP contribution is 2.22. The fraction of sp³-hybridized carbons (Fsp3) is 0.533. The summed E-state index contributed by atoms with van der Waals surface area (Å²) in [6, 6.07) is 8.10. The zero-order valence-electron chi connectivity index (χ0n) is 12.2. The first-order valence-corrected chi connectivity index (χ1v) is 6.96. The standard InChI is InChI=1S/C15H24N4O/c1-18(2)9-12-7-13(20)10-19(12)8-11-5-3-4-6-14(11)15(16)17/h3-6,12-13,20H,7-10H2,1-2H3,(H3,16,17). The fourth-order valence-corrected chi connectivity index (χ4v) is 2.90. The monoisotopic (exact) mass is 276 g/mol. The van der Waals surface area contributed by atoms with Gasteiger partial charge in [-0.2, -0.15) is 0 Å². The van der Waals surface area contributed by atoms with Crippen LogP contribution in [0.3, 0.4) is 0 Å². The number of likely N-dealkylation sites (N-methyl/N-ethyl adjacent to an activating group) is 1. The quantitative estimate of drug-likeness (QED) is 0.540. The molecule has 2 rings (SSSR count). The molecule has 2 atom stereocenters. The second kappa shape index (κ2) is 6.35. The van der Waals surface area contributed by atoms with Crippen molar-refractivity contribution < 1.29 is 5.11 Å². The third-order valence-corrected chi connectivity index (χ3v) is 3.76. The molecule has 5 heteroatoms. The van der Waals surface area contributed by atoms with Crippen LogP contribution in [0, 0.1) is 5.41 Å². The summed E-state index contributed by atoms with van der Waals surface area (Å²) in [6.45, 7) is 2.34. The van der Waals surface area contributed by atoms with Crippen molar-refractivity contribution in [1.29, 1.82) is 5.41 Å². The smallest absolute Gasteiger partial charge is 0.123 e. The molecule has 1 aromatic carbocycles. The van der Waals surface area contributed by atoms with Gasteiger partial charge in [-0.05, 0) is 26.1 Å². The first-order chi connectivity index (χ1) is 9.47. The molecule has 0 aromatic heterocycles.